The first-order valence-corrected chi connectivity index (χ1v) is 7.12. The molecule has 0 saturated carbocycles. The second-order valence-electron chi connectivity index (χ2n) is 5.00. The van der Waals surface area contributed by atoms with Crippen LogP contribution in [-0.4, -0.2) is 44.8 Å². The predicted molar refractivity (Wildman–Crippen MR) is 72.3 cm³/mol. The van der Waals surface area contributed by atoms with Crippen LogP contribution in [0.25, 0.3) is 0 Å². The van der Waals surface area contributed by atoms with E-state index in [1.54, 1.807) is 6.33 Å². The third-order valence-electron chi connectivity index (χ3n) is 3.92. The van der Waals surface area contributed by atoms with Crippen LogP contribution in [0.2, 0.25) is 0 Å². The topological polar surface area (TPSA) is 46.0 Å². The quantitative estimate of drug-likeness (QED) is 0.856. The van der Waals surface area contributed by atoms with Gasteiger partial charge in [-0.1, -0.05) is 13.8 Å². The van der Waals surface area contributed by atoms with Crippen LogP contribution in [0.4, 0.5) is 0 Å². The Labute approximate surface area is 110 Å². The molecule has 1 saturated heterocycles. The van der Waals surface area contributed by atoms with Gasteiger partial charge in [0.2, 0.25) is 0 Å². The summed E-state index contributed by atoms with van der Waals surface area (Å²) in [7, 11) is 0. The zero-order valence-corrected chi connectivity index (χ0v) is 11.8. The average molecular weight is 251 g/mol. The van der Waals surface area contributed by atoms with Crippen molar-refractivity contribution in [2.24, 2.45) is 0 Å². The van der Waals surface area contributed by atoms with Gasteiger partial charge >= 0.3 is 0 Å². The Bertz CT molecular complexity index is 362. The highest BCUT2D eigenvalue weighted by atomic mass is 15.4. The monoisotopic (exact) mass is 251 g/mol. The highest BCUT2D eigenvalue weighted by Crippen LogP contribution is 2.14. The smallest absolute Gasteiger partial charge is 0.141 e. The van der Waals surface area contributed by atoms with Crippen LogP contribution in [0.15, 0.2) is 6.33 Å². The van der Waals surface area contributed by atoms with Crippen molar-refractivity contribution in [2.75, 3.05) is 13.1 Å². The molecule has 102 valence electrons. The first-order chi connectivity index (χ1) is 8.78. The van der Waals surface area contributed by atoms with E-state index in [1.165, 1.54) is 12.8 Å². The first kappa shape index (κ1) is 13.5. The molecule has 0 aromatic carbocycles. The van der Waals surface area contributed by atoms with Gasteiger partial charge in [0, 0.05) is 31.7 Å². The summed E-state index contributed by atoms with van der Waals surface area (Å²) in [6.07, 6.45) is 4.04. The first-order valence-electron chi connectivity index (χ1n) is 7.12. The maximum Gasteiger partial charge on any atom is 0.141 e. The summed E-state index contributed by atoms with van der Waals surface area (Å²) in [6, 6.07) is 1.24. The Morgan fingerprint density at radius 2 is 2.17 bits per heavy atom. The minimum Gasteiger partial charge on any atom is -0.311 e. The van der Waals surface area contributed by atoms with Crippen molar-refractivity contribution in [3.8, 4) is 0 Å². The lowest BCUT2D eigenvalue weighted by Crippen LogP contribution is -2.55. The number of hydrogen-bond donors (Lipinski definition) is 1. The van der Waals surface area contributed by atoms with E-state index in [4.69, 9.17) is 0 Å². The highest BCUT2D eigenvalue weighted by molar-refractivity contribution is 4.91. The fourth-order valence-corrected chi connectivity index (χ4v) is 2.65. The van der Waals surface area contributed by atoms with Gasteiger partial charge in [-0.3, -0.25) is 4.90 Å². The molecule has 0 bridgehead atoms. The van der Waals surface area contributed by atoms with Gasteiger partial charge in [-0.15, -0.1) is 0 Å². The van der Waals surface area contributed by atoms with Crippen molar-refractivity contribution in [3.63, 3.8) is 0 Å². The summed E-state index contributed by atoms with van der Waals surface area (Å²) in [5.74, 6) is 1.09. The molecule has 1 aliphatic rings. The van der Waals surface area contributed by atoms with Gasteiger partial charge in [-0.05, 0) is 19.8 Å². The Balaban J connectivity index is 2.04. The summed E-state index contributed by atoms with van der Waals surface area (Å²) in [6.45, 7) is 10.6. The Hall–Kier alpha value is -0.940. The van der Waals surface area contributed by atoms with E-state index in [2.05, 4.69) is 41.1 Å². The van der Waals surface area contributed by atoms with Crippen molar-refractivity contribution in [1.82, 2.24) is 25.0 Å². The van der Waals surface area contributed by atoms with E-state index in [0.717, 1.165) is 32.0 Å². The lowest BCUT2D eigenvalue weighted by atomic mass is 10.1. The van der Waals surface area contributed by atoms with Crippen LogP contribution in [0.3, 0.4) is 0 Å². The molecule has 18 heavy (non-hydrogen) atoms. The fourth-order valence-electron chi connectivity index (χ4n) is 2.65. The molecule has 1 N–H and O–H groups in total. The zero-order valence-electron chi connectivity index (χ0n) is 11.8. The molecule has 0 amide bonds. The fraction of sp³-hybridized carbons (Fsp3) is 0.846. The third-order valence-corrected chi connectivity index (χ3v) is 3.92. The maximum absolute atomic E-state index is 4.39. The number of rotatable bonds is 5. The molecule has 5 nitrogen and oxygen atoms in total. The molecule has 1 aromatic rings. The minimum absolute atomic E-state index is 0.616. The van der Waals surface area contributed by atoms with Crippen molar-refractivity contribution < 1.29 is 0 Å². The van der Waals surface area contributed by atoms with Gasteiger partial charge in [-0.25, -0.2) is 9.67 Å². The Morgan fingerprint density at radius 3 is 2.83 bits per heavy atom. The molecule has 0 spiro atoms. The van der Waals surface area contributed by atoms with Crippen LogP contribution >= 0.6 is 0 Å². The van der Waals surface area contributed by atoms with Crippen molar-refractivity contribution in [3.05, 3.63) is 12.2 Å². The van der Waals surface area contributed by atoms with Crippen molar-refractivity contribution in [1.29, 1.82) is 0 Å². The van der Waals surface area contributed by atoms with E-state index in [9.17, 15) is 0 Å². The molecule has 5 heteroatoms. The van der Waals surface area contributed by atoms with Crippen LogP contribution in [0.5, 0.6) is 0 Å². The number of nitrogens with zero attached hydrogens (tertiary/aromatic N) is 4. The average Bonchev–Trinajstić information content (AvgIpc) is 2.86. The SMILES string of the molecule is CCC1CN(Cc2ncnn2CC)C(CC)CN1. The van der Waals surface area contributed by atoms with E-state index in [0.29, 0.717) is 12.1 Å². The van der Waals surface area contributed by atoms with Gasteiger partial charge in [0.1, 0.15) is 12.2 Å². The second kappa shape index (κ2) is 6.29. The molecule has 2 heterocycles. The molecule has 1 aliphatic heterocycles. The van der Waals surface area contributed by atoms with E-state index in [-0.39, 0.29) is 0 Å². The Morgan fingerprint density at radius 1 is 1.33 bits per heavy atom. The van der Waals surface area contributed by atoms with Gasteiger partial charge < -0.3 is 5.32 Å². The molecule has 2 atom stereocenters. The van der Waals surface area contributed by atoms with Crippen LogP contribution in [0, 0.1) is 0 Å². The molecular formula is C13H25N5. The lowest BCUT2D eigenvalue weighted by Gasteiger charge is -2.39. The molecule has 2 rings (SSSR count). The summed E-state index contributed by atoms with van der Waals surface area (Å²) >= 11 is 0. The molecule has 0 radical (unpaired) electrons. The zero-order chi connectivity index (χ0) is 13.0. The number of aryl methyl sites for hydroxylation is 1. The molecule has 1 fully saturated rings. The number of piperazine rings is 1. The van der Waals surface area contributed by atoms with Crippen LogP contribution < -0.4 is 5.32 Å². The normalized spacial score (nSPS) is 25.5. The predicted octanol–water partition coefficient (Wildman–Crippen LogP) is 1.26. The standard InChI is InChI=1S/C13H25N5/c1-4-11-8-17(12(5-2)7-14-11)9-13-15-10-16-18(13)6-3/h10-12,14H,4-9H2,1-3H3. The minimum atomic E-state index is 0.616. The summed E-state index contributed by atoms with van der Waals surface area (Å²) < 4.78 is 2.00. The van der Waals surface area contributed by atoms with Crippen LogP contribution in [-0.2, 0) is 13.1 Å². The van der Waals surface area contributed by atoms with E-state index < -0.39 is 0 Å². The summed E-state index contributed by atoms with van der Waals surface area (Å²) in [4.78, 5) is 6.95. The van der Waals surface area contributed by atoms with Crippen molar-refractivity contribution in [2.45, 2.75) is 58.8 Å². The number of hydrogen-bond acceptors (Lipinski definition) is 4. The molecule has 2 unspecified atom stereocenters. The molecule has 1 aromatic heterocycles. The largest absolute Gasteiger partial charge is 0.311 e. The molecule has 0 aliphatic carbocycles. The highest BCUT2D eigenvalue weighted by Gasteiger charge is 2.26. The van der Waals surface area contributed by atoms with Gasteiger partial charge in [0.15, 0.2) is 0 Å². The number of nitrogens with one attached hydrogen (secondary N) is 1. The Kier molecular flexibility index (Phi) is 4.72. The van der Waals surface area contributed by atoms with Gasteiger partial charge in [0.05, 0.1) is 6.54 Å². The summed E-state index contributed by atoms with van der Waals surface area (Å²) in [5, 5.41) is 7.88. The second-order valence-corrected chi connectivity index (χ2v) is 5.00. The van der Waals surface area contributed by atoms with Crippen LogP contribution in [0.1, 0.15) is 39.4 Å². The lowest BCUT2D eigenvalue weighted by molar-refractivity contribution is 0.113. The molecular weight excluding hydrogens is 226 g/mol. The van der Waals surface area contributed by atoms with Gasteiger partial charge in [0.25, 0.3) is 0 Å². The van der Waals surface area contributed by atoms with Gasteiger partial charge in [-0.2, -0.15) is 5.10 Å². The van der Waals surface area contributed by atoms with E-state index in [1.807, 2.05) is 4.68 Å². The van der Waals surface area contributed by atoms with E-state index >= 15 is 0 Å². The maximum atomic E-state index is 4.39. The van der Waals surface area contributed by atoms with Crippen molar-refractivity contribution >= 4 is 0 Å². The number of aromatic nitrogens is 3. The third kappa shape index (κ3) is 2.90. The summed E-state index contributed by atoms with van der Waals surface area (Å²) in [5.41, 5.74) is 0.